The highest BCUT2D eigenvalue weighted by molar-refractivity contribution is 7.90. The van der Waals surface area contributed by atoms with Crippen molar-refractivity contribution >= 4 is 27.4 Å². The van der Waals surface area contributed by atoms with Gasteiger partial charge in [-0.2, -0.15) is 4.41 Å². The van der Waals surface area contributed by atoms with Crippen molar-refractivity contribution in [3.8, 4) is 0 Å². The van der Waals surface area contributed by atoms with Crippen LogP contribution in [0.5, 0.6) is 0 Å². The van der Waals surface area contributed by atoms with Crippen molar-refractivity contribution in [2.45, 2.75) is 5.75 Å². The van der Waals surface area contributed by atoms with Crippen molar-refractivity contribution in [2.75, 3.05) is 0 Å². The number of benzene rings is 1. The summed E-state index contributed by atoms with van der Waals surface area (Å²) in [5.41, 5.74) is 2.63. The summed E-state index contributed by atoms with van der Waals surface area (Å²) in [7, 11) is -3.70. The average Bonchev–Trinajstić information content (AvgIpc) is 2.27. The Balaban J connectivity index is 2.84. The first-order valence-electron chi connectivity index (χ1n) is 4.29. The van der Waals surface area contributed by atoms with E-state index < -0.39 is 10.0 Å². The van der Waals surface area contributed by atoms with Gasteiger partial charge in [0.05, 0.1) is 5.75 Å². The second-order valence-electron chi connectivity index (χ2n) is 2.99. The van der Waals surface area contributed by atoms with Crippen LogP contribution in [0.3, 0.4) is 0 Å². The number of sulfonamides is 1. The van der Waals surface area contributed by atoms with Crippen LogP contribution >= 0.6 is 12.2 Å². The summed E-state index contributed by atoms with van der Waals surface area (Å²) in [5, 5.41) is -0.254. The summed E-state index contributed by atoms with van der Waals surface area (Å²) >= 11 is 4.63. The fourth-order valence-corrected chi connectivity index (χ4v) is 2.44. The van der Waals surface area contributed by atoms with Gasteiger partial charge in [0.2, 0.25) is 5.11 Å². The monoisotopic (exact) mass is 260 g/mol. The topological polar surface area (TPSA) is 101 Å². The van der Waals surface area contributed by atoms with Crippen LogP contribution in [0.25, 0.3) is 0 Å². The first kappa shape index (κ1) is 12.8. The van der Waals surface area contributed by atoms with Crippen LogP contribution in [-0.4, -0.2) is 17.9 Å². The molecular weight excluding hydrogens is 248 g/mol. The van der Waals surface area contributed by atoms with E-state index in [4.69, 9.17) is 11.7 Å². The molecule has 0 aliphatic rings. The fraction of sp³-hybridized carbons (Fsp3) is 0.125. The largest absolute Gasteiger partial charge is 0.299 e. The summed E-state index contributed by atoms with van der Waals surface area (Å²) in [6.45, 7) is 0. The Kier molecular flexibility index (Phi) is 4.19. The van der Waals surface area contributed by atoms with Gasteiger partial charge in [-0.25, -0.2) is 20.1 Å². The molecule has 0 saturated heterocycles. The lowest BCUT2D eigenvalue weighted by Crippen LogP contribution is -2.50. The van der Waals surface area contributed by atoms with Crippen LogP contribution in [0.2, 0.25) is 0 Å². The van der Waals surface area contributed by atoms with Gasteiger partial charge < -0.3 is 0 Å². The summed E-state index contributed by atoms with van der Waals surface area (Å²) in [5.74, 6) is 10.1. The first-order chi connectivity index (χ1) is 7.47. The lowest BCUT2D eigenvalue weighted by atomic mass is 10.2. The molecule has 0 bridgehead atoms. The van der Waals surface area contributed by atoms with Gasteiger partial charge in [0.1, 0.15) is 0 Å². The summed E-state index contributed by atoms with van der Waals surface area (Å²) in [4.78, 5) is 0. The third-order valence-electron chi connectivity index (χ3n) is 1.82. The van der Waals surface area contributed by atoms with E-state index >= 15 is 0 Å². The molecule has 88 valence electrons. The SMILES string of the molecule is NNC(=S)N(N)S(=O)(=O)Cc1ccccc1. The van der Waals surface area contributed by atoms with E-state index in [1.54, 1.807) is 30.3 Å². The predicted molar refractivity (Wildman–Crippen MR) is 65.0 cm³/mol. The molecule has 8 heteroatoms. The lowest BCUT2D eigenvalue weighted by molar-refractivity contribution is 0.527. The van der Waals surface area contributed by atoms with E-state index in [1.807, 2.05) is 5.43 Å². The molecule has 0 aromatic heterocycles. The summed E-state index contributed by atoms with van der Waals surface area (Å²) < 4.78 is 23.9. The Hall–Kier alpha value is -1.22. The number of nitrogens with one attached hydrogen (secondary N) is 1. The molecule has 1 aromatic carbocycles. The maximum Gasteiger partial charge on any atom is 0.254 e. The summed E-state index contributed by atoms with van der Waals surface area (Å²) in [6, 6.07) is 8.65. The van der Waals surface area contributed by atoms with Crippen molar-refractivity contribution in [3.63, 3.8) is 0 Å². The fourth-order valence-electron chi connectivity index (χ4n) is 1.04. The Bertz CT molecular complexity index is 460. The molecular formula is C8H12N4O2S2. The molecule has 0 unspecified atom stereocenters. The second-order valence-corrected chi connectivity index (χ2v) is 5.22. The number of rotatable bonds is 3. The number of thiocarbonyl (C=S) groups is 1. The normalized spacial score (nSPS) is 10.9. The minimum atomic E-state index is -3.70. The quantitative estimate of drug-likeness (QED) is 0.382. The molecule has 0 radical (unpaired) electrons. The maximum absolute atomic E-state index is 11.7. The van der Waals surface area contributed by atoms with E-state index in [9.17, 15) is 8.42 Å². The van der Waals surface area contributed by atoms with Crippen LogP contribution in [-0.2, 0) is 15.8 Å². The van der Waals surface area contributed by atoms with Gasteiger partial charge in [0.25, 0.3) is 10.0 Å². The number of hydrazine groups is 2. The standard InChI is InChI=1S/C8H12N4O2S2/c9-11-8(15)12(10)16(13,14)6-7-4-2-1-3-5-7/h1-5H,6,9-10H2,(H,11,15). The van der Waals surface area contributed by atoms with Crippen LogP contribution in [0.1, 0.15) is 5.56 Å². The Morgan fingerprint density at radius 1 is 1.38 bits per heavy atom. The van der Waals surface area contributed by atoms with Gasteiger partial charge in [0, 0.05) is 0 Å². The second kappa shape index (κ2) is 5.21. The van der Waals surface area contributed by atoms with E-state index in [-0.39, 0.29) is 10.9 Å². The van der Waals surface area contributed by atoms with Crippen molar-refractivity contribution in [3.05, 3.63) is 35.9 Å². The summed E-state index contributed by atoms with van der Waals surface area (Å²) in [6.07, 6.45) is 0. The van der Waals surface area contributed by atoms with Crippen molar-refractivity contribution in [1.29, 1.82) is 0 Å². The number of hydrogen-bond acceptors (Lipinski definition) is 5. The van der Waals surface area contributed by atoms with E-state index in [0.717, 1.165) is 0 Å². The molecule has 0 fully saturated rings. The van der Waals surface area contributed by atoms with E-state index in [2.05, 4.69) is 12.2 Å². The third-order valence-corrected chi connectivity index (χ3v) is 3.73. The minimum absolute atomic E-state index is 0.230. The van der Waals surface area contributed by atoms with E-state index in [0.29, 0.717) is 9.98 Å². The minimum Gasteiger partial charge on any atom is -0.299 e. The zero-order chi connectivity index (χ0) is 12.2. The molecule has 1 rings (SSSR count). The molecule has 0 heterocycles. The van der Waals surface area contributed by atoms with Crippen molar-refractivity contribution in [2.24, 2.45) is 11.7 Å². The number of nitrogens with two attached hydrogens (primary N) is 2. The smallest absolute Gasteiger partial charge is 0.254 e. The van der Waals surface area contributed by atoms with Crippen LogP contribution in [0, 0.1) is 0 Å². The van der Waals surface area contributed by atoms with Crippen LogP contribution < -0.4 is 17.1 Å². The van der Waals surface area contributed by atoms with Gasteiger partial charge >= 0.3 is 0 Å². The molecule has 0 aliphatic carbocycles. The van der Waals surface area contributed by atoms with Crippen LogP contribution in [0.15, 0.2) is 30.3 Å². The highest BCUT2D eigenvalue weighted by atomic mass is 32.2. The van der Waals surface area contributed by atoms with Gasteiger partial charge in [-0.1, -0.05) is 30.3 Å². The highest BCUT2D eigenvalue weighted by Gasteiger charge is 2.21. The third kappa shape index (κ3) is 3.14. The number of hydrogen-bond donors (Lipinski definition) is 3. The predicted octanol–water partition coefficient (Wildman–Crippen LogP) is -0.560. The molecule has 0 spiro atoms. The van der Waals surface area contributed by atoms with Gasteiger partial charge in [-0.3, -0.25) is 5.43 Å². The van der Waals surface area contributed by atoms with Crippen molar-refractivity contribution < 1.29 is 8.42 Å². The lowest BCUT2D eigenvalue weighted by Gasteiger charge is -2.18. The molecule has 0 amide bonds. The maximum atomic E-state index is 11.7. The van der Waals surface area contributed by atoms with E-state index in [1.165, 1.54) is 0 Å². The molecule has 0 atom stereocenters. The van der Waals surface area contributed by atoms with Gasteiger partial charge in [-0.05, 0) is 17.8 Å². The molecule has 5 N–H and O–H groups in total. The van der Waals surface area contributed by atoms with Crippen molar-refractivity contribution in [1.82, 2.24) is 9.84 Å². The molecule has 1 aromatic rings. The zero-order valence-corrected chi connectivity index (χ0v) is 9.96. The Labute approximate surface area is 99.2 Å². The van der Waals surface area contributed by atoms with Crippen LogP contribution in [0.4, 0.5) is 0 Å². The van der Waals surface area contributed by atoms with Gasteiger partial charge in [-0.15, -0.1) is 0 Å². The molecule has 6 nitrogen and oxygen atoms in total. The molecule has 0 saturated carbocycles. The average molecular weight is 260 g/mol. The highest BCUT2D eigenvalue weighted by Crippen LogP contribution is 2.07. The first-order valence-corrected chi connectivity index (χ1v) is 6.31. The molecule has 16 heavy (non-hydrogen) atoms. The molecule has 0 aliphatic heterocycles. The zero-order valence-electron chi connectivity index (χ0n) is 8.33. The van der Waals surface area contributed by atoms with Gasteiger partial charge in [0.15, 0.2) is 0 Å². The Morgan fingerprint density at radius 2 is 1.94 bits per heavy atom. The number of nitrogens with zero attached hydrogens (tertiary/aromatic N) is 1. The Morgan fingerprint density at radius 3 is 2.44 bits per heavy atom.